The van der Waals surface area contributed by atoms with Crippen LogP contribution >= 0.6 is 11.6 Å². The molecule has 14 nitrogen and oxygen atoms in total. The lowest BCUT2D eigenvalue weighted by Gasteiger charge is -2.27. The largest absolute Gasteiger partial charge is 0.494 e. The highest BCUT2D eigenvalue weighted by Gasteiger charge is 2.45. The first-order valence-electron chi connectivity index (χ1n) is 19.7. The highest BCUT2D eigenvalue weighted by atomic mass is 35.5. The van der Waals surface area contributed by atoms with Crippen molar-refractivity contribution in [3.63, 3.8) is 0 Å². The number of carbonyl (C=O) groups is 5. The van der Waals surface area contributed by atoms with Crippen LogP contribution in [0.3, 0.4) is 0 Å². The standard InChI is InChI=1S/C44H47ClN6O8/c1-23-19-28(20-24(2)38(23)45)59-17-7-11-30-29-9-6-10-31(36-25(3)48-49(5)26(36)4)39(29)50(40(30)44(56)57)15-8-16-58-18-14-27-21-32-37(33(46)22-27)43(55)51(42(32)54)34-12-13-35(52)47-41(34)53/h6,9-10,19-22,34H,7-8,11-18,46H2,1-5H3,(H,56,57)(H,47,52,53). The van der Waals surface area contributed by atoms with Crippen LogP contribution in [0.25, 0.3) is 22.0 Å². The Labute approximate surface area is 346 Å². The Morgan fingerprint density at radius 3 is 2.37 bits per heavy atom. The highest BCUT2D eigenvalue weighted by molar-refractivity contribution is 6.32. The molecule has 1 atom stereocenters. The number of rotatable bonds is 15. The van der Waals surface area contributed by atoms with E-state index in [0.29, 0.717) is 56.0 Å². The number of nitrogens with one attached hydrogen (secondary N) is 1. The van der Waals surface area contributed by atoms with Gasteiger partial charge in [0.05, 0.1) is 35.6 Å². The van der Waals surface area contributed by atoms with Gasteiger partial charge >= 0.3 is 5.97 Å². The number of carboxylic acids is 1. The SMILES string of the molecule is Cc1cc(OCCCc2c(C(=O)O)n(CCCOCCc3cc(N)c4c(c3)C(=O)N(C3CCC(=O)NC3=O)C4=O)c3c(-c4c(C)nn(C)c4C)cccc23)cc(C)c1Cl. The summed E-state index contributed by atoms with van der Waals surface area (Å²) < 4.78 is 15.9. The maximum Gasteiger partial charge on any atom is 0.352 e. The van der Waals surface area contributed by atoms with E-state index in [1.54, 1.807) is 12.1 Å². The van der Waals surface area contributed by atoms with Crippen LogP contribution in [0.5, 0.6) is 5.75 Å². The molecule has 4 N–H and O–H groups in total. The lowest BCUT2D eigenvalue weighted by molar-refractivity contribution is -0.136. The Bertz CT molecular complexity index is 2530. The highest BCUT2D eigenvalue weighted by Crippen LogP contribution is 2.38. The Kier molecular flexibility index (Phi) is 11.7. The van der Waals surface area contributed by atoms with Gasteiger partial charge in [0.1, 0.15) is 17.5 Å². The second kappa shape index (κ2) is 16.7. The molecule has 59 heavy (non-hydrogen) atoms. The molecule has 4 heterocycles. The van der Waals surface area contributed by atoms with Gasteiger partial charge in [-0.15, -0.1) is 0 Å². The minimum Gasteiger partial charge on any atom is -0.494 e. The van der Waals surface area contributed by atoms with E-state index in [1.165, 1.54) is 0 Å². The summed E-state index contributed by atoms with van der Waals surface area (Å²) in [5.41, 5.74) is 14.5. The van der Waals surface area contributed by atoms with Crippen molar-refractivity contribution in [1.29, 1.82) is 0 Å². The molecular weight excluding hydrogens is 776 g/mol. The van der Waals surface area contributed by atoms with E-state index in [2.05, 4.69) is 10.4 Å². The number of fused-ring (bicyclic) bond motifs is 2. The monoisotopic (exact) mass is 822 g/mol. The molecule has 0 spiro atoms. The number of nitrogens with zero attached hydrogens (tertiary/aromatic N) is 4. The lowest BCUT2D eigenvalue weighted by Crippen LogP contribution is -2.54. The van der Waals surface area contributed by atoms with Crippen LogP contribution in [-0.4, -0.2) is 79.8 Å². The number of aromatic nitrogens is 3. The van der Waals surface area contributed by atoms with Crippen LogP contribution in [0, 0.1) is 27.7 Å². The van der Waals surface area contributed by atoms with E-state index in [0.717, 1.165) is 60.8 Å². The molecule has 1 unspecified atom stereocenters. The molecule has 308 valence electrons. The topological polar surface area (TPSA) is 188 Å². The summed E-state index contributed by atoms with van der Waals surface area (Å²) in [4.78, 5) is 64.8. The molecule has 2 aliphatic heterocycles. The molecule has 5 aromatic rings. The zero-order chi connectivity index (χ0) is 42.3. The van der Waals surface area contributed by atoms with Crippen LogP contribution in [0.15, 0.2) is 42.5 Å². The molecule has 7 rings (SSSR count). The number of carboxylic acid groups (broad SMARTS) is 1. The van der Waals surface area contributed by atoms with Gasteiger partial charge in [-0.1, -0.05) is 29.8 Å². The van der Waals surface area contributed by atoms with E-state index in [4.69, 9.17) is 26.8 Å². The minimum absolute atomic E-state index is 0.0209. The average Bonchev–Trinajstić information content (AvgIpc) is 3.74. The van der Waals surface area contributed by atoms with Crippen molar-refractivity contribution in [2.75, 3.05) is 25.6 Å². The van der Waals surface area contributed by atoms with E-state index in [9.17, 15) is 29.1 Å². The van der Waals surface area contributed by atoms with Gasteiger partial charge in [-0.2, -0.15) is 5.10 Å². The number of carbonyl (C=O) groups excluding carboxylic acids is 4. The summed E-state index contributed by atoms with van der Waals surface area (Å²) in [6.45, 7) is 9.17. The van der Waals surface area contributed by atoms with Gasteiger partial charge in [-0.3, -0.25) is 34.1 Å². The number of hydrogen-bond donors (Lipinski definition) is 3. The Morgan fingerprint density at radius 1 is 0.949 bits per heavy atom. The first-order valence-corrected chi connectivity index (χ1v) is 20.0. The molecule has 0 saturated carbocycles. The summed E-state index contributed by atoms with van der Waals surface area (Å²) in [5.74, 6) is -2.73. The Hall–Kier alpha value is -5.99. The van der Waals surface area contributed by atoms with Crippen LogP contribution in [0.1, 0.15) is 90.5 Å². The first kappa shape index (κ1) is 41.2. The maximum atomic E-state index is 13.4. The molecule has 0 radical (unpaired) electrons. The van der Waals surface area contributed by atoms with Crippen LogP contribution in [-0.2, 0) is 40.8 Å². The third-order valence-corrected chi connectivity index (χ3v) is 11.9. The van der Waals surface area contributed by atoms with Crippen LogP contribution in [0.4, 0.5) is 5.69 Å². The van der Waals surface area contributed by atoms with Gasteiger partial charge < -0.3 is 24.9 Å². The van der Waals surface area contributed by atoms with Crippen molar-refractivity contribution in [2.24, 2.45) is 7.05 Å². The van der Waals surface area contributed by atoms with Gasteiger partial charge in [0.25, 0.3) is 11.8 Å². The second-order valence-electron chi connectivity index (χ2n) is 15.2. The number of halogens is 1. The van der Waals surface area contributed by atoms with Crippen molar-refractivity contribution in [3.05, 3.63) is 97.9 Å². The number of ether oxygens (including phenoxy) is 2. The van der Waals surface area contributed by atoms with Gasteiger partial charge in [-0.05, 0) is 106 Å². The molecule has 3 aromatic carbocycles. The number of aryl methyl sites for hydroxylation is 6. The van der Waals surface area contributed by atoms with Crippen molar-refractivity contribution < 1.29 is 38.6 Å². The van der Waals surface area contributed by atoms with E-state index in [1.807, 2.05) is 74.3 Å². The molecule has 4 amide bonds. The quantitative estimate of drug-likeness (QED) is 0.0617. The van der Waals surface area contributed by atoms with Crippen LogP contribution in [0.2, 0.25) is 5.02 Å². The second-order valence-corrected chi connectivity index (χ2v) is 15.6. The van der Waals surface area contributed by atoms with E-state index in [-0.39, 0.29) is 42.0 Å². The Morgan fingerprint density at radius 2 is 1.69 bits per heavy atom. The van der Waals surface area contributed by atoms with E-state index >= 15 is 0 Å². The van der Waals surface area contributed by atoms with Crippen molar-refractivity contribution in [1.82, 2.24) is 24.6 Å². The number of nitrogens with two attached hydrogens (primary N) is 1. The normalized spacial score (nSPS) is 15.4. The Balaban J connectivity index is 1.07. The zero-order valence-electron chi connectivity index (χ0n) is 33.7. The third-order valence-electron chi connectivity index (χ3n) is 11.3. The lowest BCUT2D eigenvalue weighted by atomic mass is 9.98. The van der Waals surface area contributed by atoms with Crippen molar-refractivity contribution in [2.45, 2.75) is 78.8 Å². The smallest absolute Gasteiger partial charge is 0.352 e. The predicted octanol–water partition coefficient (Wildman–Crippen LogP) is 6.27. The predicted molar refractivity (Wildman–Crippen MR) is 222 cm³/mol. The molecule has 0 aliphatic carbocycles. The number of piperidine rings is 1. The van der Waals surface area contributed by atoms with Gasteiger partial charge in [0, 0.05) is 59.5 Å². The number of aromatic carboxylic acids is 1. The summed E-state index contributed by atoms with van der Waals surface area (Å²) in [6.07, 6.45) is 2.02. The van der Waals surface area contributed by atoms with Crippen molar-refractivity contribution in [3.8, 4) is 16.9 Å². The molecule has 2 aromatic heterocycles. The number of benzene rings is 3. The molecule has 2 aliphatic rings. The fourth-order valence-electron chi connectivity index (χ4n) is 8.44. The van der Waals surface area contributed by atoms with Gasteiger partial charge in [0.15, 0.2) is 0 Å². The maximum absolute atomic E-state index is 13.4. The number of amides is 4. The number of nitrogen functional groups attached to an aromatic ring is 1. The van der Waals surface area contributed by atoms with Gasteiger partial charge in [0.2, 0.25) is 11.8 Å². The number of imide groups is 2. The first-order chi connectivity index (χ1) is 28.2. The van der Waals surface area contributed by atoms with E-state index < -0.39 is 35.6 Å². The molecule has 1 saturated heterocycles. The summed E-state index contributed by atoms with van der Waals surface area (Å²) in [6, 6.07) is 11.9. The van der Waals surface area contributed by atoms with Crippen LogP contribution < -0.4 is 15.8 Å². The number of para-hydroxylation sites is 1. The fraction of sp³-hybridized carbons (Fsp3) is 0.364. The fourth-order valence-corrected chi connectivity index (χ4v) is 8.55. The molecule has 0 bridgehead atoms. The number of anilines is 1. The summed E-state index contributed by atoms with van der Waals surface area (Å²) in [7, 11) is 1.89. The molecule has 1 fully saturated rings. The molecule has 15 heteroatoms. The van der Waals surface area contributed by atoms with Gasteiger partial charge in [-0.25, -0.2) is 4.79 Å². The molecular formula is C44H47ClN6O8. The summed E-state index contributed by atoms with van der Waals surface area (Å²) >= 11 is 6.35. The zero-order valence-corrected chi connectivity index (χ0v) is 34.5. The average molecular weight is 823 g/mol. The summed E-state index contributed by atoms with van der Waals surface area (Å²) in [5, 5.41) is 19.2. The third kappa shape index (κ3) is 7.82. The minimum atomic E-state index is -1.09. The van der Waals surface area contributed by atoms with Crippen molar-refractivity contribution >= 4 is 57.8 Å². The number of hydrogen-bond acceptors (Lipinski definition) is 9.